The highest BCUT2D eigenvalue weighted by Crippen LogP contribution is 2.35. The molecule has 2 aromatic carbocycles. The summed E-state index contributed by atoms with van der Waals surface area (Å²) < 4.78 is 25.3. The van der Waals surface area contributed by atoms with Crippen molar-refractivity contribution in [3.8, 4) is 17.0 Å². The number of benzene rings is 2. The van der Waals surface area contributed by atoms with E-state index in [1.54, 1.807) is 25.3 Å². The van der Waals surface area contributed by atoms with Crippen LogP contribution in [-0.4, -0.2) is 77.8 Å². The lowest BCUT2D eigenvalue weighted by Crippen LogP contribution is -2.49. The van der Waals surface area contributed by atoms with Gasteiger partial charge in [-0.2, -0.15) is 0 Å². The summed E-state index contributed by atoms with van der Waals surface area (Å²) in [7, 11) is 1.69. The van der Waals surface area contributed by atoms with Crippen LogP contribution in [0.4, 0.5) is 10.1 Å². The van der Waals surface area contributed by atoms with Gasteiger partial charge in [0.05, 0.1) is 18.4 Å². The number of aryl methyl sites for hydroxylation is 1. The molecule has 0 radical (unpaired) electrons. The first kappa shape index (κ1) is 28.5. The summed E-state index contributed by atoms with van der Waals surface area (Å²) in [5.41, 5.74) is 2.21. The van der Waals surface area contributed by atoms with Gasteiger partial charge in [0.2, 0.25) is 0 Å². The molecule has 1 saturated heterocycles. The van der Waals surface area contributed by atoms with E-state index in [9.17, 15) is 18.8 Å². The normalized spacial score (nSPS) is 17.2. The number of fused-ring (bicyclic) bond motifs is 1. The molecular weight excluding hydrogens is 521 g/mol. The van der Waals surface area contributed by atoms with Crippen LogP contribution in [0.1, 0.15) is 22.5 Å². The van der Waals surface area contributed by atoms with Crippen molar-refractivity contribution in [3.05, 3.63) is 77.8 Å². The molecule has 0 spiro atoms. The Bertz CT molecular complexity index is 1380. The minimum atomic E-state index is -1.26. The van der Waals surface area contributed by atoms with E-state index in [0.717, 1.165) is 44.0 Å². The highest BCUT2D eigenvalue weighted by atomic mass is 19.1. The van der Waals surface area contributed by atoms with Gasteiger partial charge >= 0.3 is 11.9 Å². The van der Waals surface area contributed by atoms with Crippen molar-refractivity contribution in [1.82, 2.24) is 10.1 Å². The highest BCUT2D eigenvalue weighted by molar-refractivity contribution is 6.04. The van der Waals surface area contributed by atoms with E-state index in [-0.39, 0.29) is 11.7 Å². The van der Waals surface area contributed by atoms with Crippen LogP contribution in [0.25, 0.3) is 11.3 Å². The molecule has 40 heavy (non-hydrogen) atoms. The van der Waals surface area contributed by atoms with E-state index in [1.165, 1.54) is 6.07 Å². The number of methoxy groups -OCH3 is 1. The number of aliphatic carboxylic acids is 2. The number of carbonyl (C=O) groups is 3. The van der Waals surface area contributed by atoms with Gasteiger partial charge in [0.15, 0.2) is 5.78 Å². The molecule has 2 aliphatic rings. The number of carbonyl (C=O) groups excluding carboxylic acids is 1. The Morgan fingerprint density at radius 1 is 1.05 bits per heavy atom. The van der Waals surface area contributed by atoms with Gasteiger partial charge in [-0.05, 0) is 30.7 Å². The van der Waals surface area contributed by atoms with Gasteiger partial charge in [0.1, 0.15) is 23.0 Å². The highest BCUT2D eigenvalue weighted by Gasteiger charge is 2.36. The number of nitrogens with zero attached hydrogens (tertiary/aromatic N) is 3. The molecule has 1 aliphatic carbocycles. The summed E-state index contributed by atoms with van der Waals surface area (Å²) in [6, 6.07) is 14.4. The second-order valence-corrected chi connectivity index (χ2v) is 9.38. The summed E-state index contributed by atoms with van der Waals surface area (Å²) in [6.07, 6.45) is 2.49. The minimum absolute atomic E-state index is 0.0120. The predicted octanol–water partition coefficient (Wildman–Crippen LogP) is 3.77. The van der Waals surface area contributed by atoms with Gasteiger partial charge in [-0.25, -0.2) is 14.0 Å². The molecular formula is C29H30FN3O7. The van der Waals surface area contributed by atoms with E-state index < -0.39 is 17.8 Å². The summed E-state index contributed by atoms with van der Waals surface area (Å²) in [4.78, 5) is 37.1. The smallest absolute Gasteiger partial charge is 0.328 e. The van der Waals surface area contributed by atoms with Gasteiger partial charge in [-0.1, -0.05) is 29.4 Å². The number of ether oxygens (including phenoxy) is 1. The second-order valence-electron chi connectivity index (χ2n) is 9.38. The molecule has 210 valence electrons. The first-order chi connectivity index (χ1) is 19.3. The maximum atomic E-state index is 14.3. The van der Waals surface area contributed by atoms with Crippen molar-refractivity contribution in [1.29, 1.82) is 0 Å². The average molecular weight is 552 g/mol. The first-order valence-electron chi connectivity index (χ1n) is 12.8. The fourth-order valence-corrected chi connectivity index (χ4v) is 4.92. The zero-order valence-corrected chi connectivity index (χ0v) is 22.0. The van der Waals surface area contributed by atoms with Crippen molar-refractivity contribution in [3.63, 3.8) is 0 Å². The van der Waals surface area contributed by atoms with Crippen LogP contribution in [-0.2, 0) is 16.0 Å². The zero-order valence-electron chi connectivity index (χ0n) is 22.0. The third-order valence-electron chi connectivity index (χ3n) is 6.87. The van der Waals surface area contributed by atoms with E-state index in [0.29, 0.717) is 47.7 Å². The largest absolute Gasteiger partial charge is 0.495 e. The molecule has 1 aliphatic heterocycles. The van der Waals surface area contributed by atoms with Crippen LogP contribution >= 0.6 is 0 Å². The number of hydrogen-bond donors (Lipinski definition) is 2. The molecule has 1 aromatic heterocycles. The molecule has 2 heterocycles. The standard InChI is InChI=1S/C25H26FN3O3.C4H4O4/c1-31-21-9-5-4-8-20(21)29-14-12-28(13-15-29)16-17-10-11-22-23(25(17)30)24(27-32-22)18-6-2-3-7-19(18)26;5-3(6)1-2-4(7)8/h2-9,17H,10-16H2,1H3;1-2H,(H,5,6)(H,7,8). The number of para-hydroxylation sites is 2. The molecule has 3 aromatic rings. The van der Waals surface area contributed by atoms with E-state index in [2.05, 4.69) is 21.0 Å². The van der Waals surface area contributed by atoms with Crippen LogP contribution in [0, 0.1) is 11.7 Å². The molecule has 5 rings (SSSR count). The van der Waals surface area contributed by atoms with Crippen molar-refractivity contribution in [2.24, 2.45) is 5.92 Å². The fourth-order valence-electron chi connectivity index (χ4n) is 4.92. The molecule has 1 unspecified atom stereocenters. The van der Waals surface area contributed by atoms with Crippen LogP contribution in [0.5, 0.6) is 5.75 Å². The number of hydrogen-bond acceptors (Lipinski definition) is 8. The fraction of sp³-hybridized carbons (Fsp3) is 0.310. The average Bonchev–Trinajstić information content (AvgIpc) is 3.39. The van der Waals surface area contributed by atoms with E-state index in [4.69, 9.17) is 19.5 Å². The monoisotopic (exact) mass is 551 g/mol. The molecule has 2 N–H and O–H groups in total. The molecule has 10 nitrogen and oxygen atoms in total. The van der Waals surface area contributed by atoms with Crippen LogP contribution in [0.2, 0.25) is 0 Å². The number of anilines is 1. The topological polar surface area (TPSA) is 133 Å². The summed E-state index contributed by atoms with van der Waals surface area (Å²) in [5.74, 6) is -1.58. The number of carboxylic acid groups (broad SMARTS) is 2. The summed E-state index contributed by atoms with van der Waals surface area (Å²) in [6.45, 7) is 4.19. The molecule has 11 heteroatoms. The summed E-state index contributed by atoms with van der Waals surface area (Å²) >= 11 is 0. The number of carboxylic acids is 2. The molecule has 1 atom stereocenters. The van der Waals surface area contributed by atoms with Crippen molar-refractivity contribution in [2.45, 2.75) is 12.8 Å². The third-order valence-corrected chi connectivity index (χ3v) is 6.87. The quantitative estimate of drug-likeness (QED) is 0.418. The predicted molar refractivity (Wildman–Crippen MR) is 144 cm³/mol. The van der Waals surface area contributed by atoms with Crippen molar-refractivity contribution >= 4 is 23.4 Å². The third kappa shape index (κ3) is 6.73. The molecule has 0 amide bonds. The van der Waals surface area contributed by atoms with Gasteiger partial charge in [0, 0.05) is 62.8 Å². The van der Waals surface area contributed by atoms with Crippen LogP contribution < -0.4 is 9.64 Å². The van der Waals surface area contributed by atoms with E-state index in [1.807, 2.05) is 18.2 Å². The van der Waals surface area contributed by atoms with Gasteiger partial charge in [0.25, 0.3) is 0 Å². The van der Waals surface area contributed by atoms with Crippen molar-refractivity contribution in [2.75, 3.05) is 44.7 Å². The number of piperazine rings is 1. The lowest BCUT2D eigenvalue weighted by molar-refractivity contribution is -0.134. The van der Waals surface area contributed by atoms with Crippen molar-refractivity contribution < 1.29 is 38.2 Å². The summed E-state index contributed by atoms with van der Waals surface area (Å²) in [5, 5.41) is 19.7. The Labute approximate surface area is 230 Å². The number of ketones is 1. The number of rotatable bonds is 7. The van der Waals surface area contributed by atoms with Crippen LogP contribution in [0.15, 0.2) is 65.2 Å². The zero-order chi connectivity index (χ0) is 28.6. The van der Waals surface area contributed by atoms with Crippen LogP contribution in [0.3, 0.4) is 0 Å². The van der Waals surface area contributed by atoms with E-state index >= 15 is 0 Å². The number of halogens is 1. The molecule has 0 saturated carbocycles. The Balaban J connectivity index is 0.000000406. The maximum absolute atomic E-state index is 14.3. The Kier molecular flexibility index (Phi) is 9.28. The minimum Gasteiger partial charge on any atom is -0.495 e. The maximum Gasteiger partial charge on any atom is 0.328 e. The molecule has 0 bridgehead atoms. The molecule has 1 fully saturated rings. The first-order valence-corrected chi connectivity index (χ1v) is 12.8. The van der Waals surface area contributed by atoms with Gasteiger partial charge in [-0.3, -0.25) is 9.69 Å². The SMILES string of the molecule is COc1ccccc1N1CCN(CC2CCc3onc(-c4ccccc4F)c3C2=O)CC1.O=C(O)C=CC(=O)O. The second kappa shape index (κ2) is 13.0. The van der Waals surface area contributed by atoms with Gasteiger partial charge in [-0.15, -0.1) is 0 Å². The number of aromatic nitrogens is 1. The lowest BCUT2D eigenvalue weighted by atomic mass is 9.84. The number of Topliss-reactive ketones (excluding diaryl/α,β-unsaturated/α-hetero) is 1. The Hall–Kier alpha value is -4.51. The Morgan fingerprint density at radius 2 is 1.70 bits per heavy atom. The lowest BCUT2D eigenvalue weighted by Gasteiger charge is -2.38. The Morgan fingerprint density at radius 3 is 2.35 bits per heavy atom. The van der Waals surface area contributed by atoms with Gasteiger partial charge < -0.3 is 24.4 Å².